The Bertz CT molecular complexity index is 1190. The summed E-state index contributed by atoms with van der Waals surface area (Å²) in [4.78, 5) is 36.5. The Morgan fingerprint density at radius 3 is 2.21 bits per heavy atom. The van der Waals surface area contributed by atoms with Gasteiger partial charge in [-0.2, -0.15) is 0 Å². The highest BCUT2D eigenvalue weighted by Gasteiger charge is 2.17. The van der Waals surface area contributed by atoms with Gasteiger partial charge in [-0.1, -0.05) is 47.7 Å². The van der Waals surface area contributed by atoms with E-state index in [0.717, 1.165) is 11.1 Å². The first-order valence-corrected chi connectivity index (χ1v) is 11.2. The second kappa shape index (κ2) is 11.3. The molecule has 176 valence electrons. The normalized spacial score (nSPS) is 10.4. The highest BCUT2D eigenvalue weighted by molar-refractivity contribution is 7.99. The van der Waals surface area contributed by atoms with Gasteiger partial charge in [-0.25, -0.2) is 9.59 Å². The maximum Gasteiger partial charge on any atom is 0.337 e. The molecule has 9 nitrogen and oxygen atoms in total. The lowest BCUT2D eigenvalue weighted by Gasteiger charge is -2.10. The van der Waals surface area contributed by atoms with Crippen LogP contribution in [0.3, 0.4) is 0 Å². The Kier molecular flexibility index (Phi) is 8.20. The molecule has 0 radical (unpaired) electrons. The van der Waals surface area contributed by atoms with Crippen LogP contribution >= 0.6 is 11.8 Å². The van der Waals surface area contributed by atoms with Crippen molar-refractivity contribution in [2.75, 3.05) is 25.3 Å². The van der Waals surface area contributed by atoms with Gasteiger partial charge in [0, 0.05) is 17.8 Å². The smallest absolute Gasteiger partial charge is 0.337 e. The highest BCUT2D eigenvalue weighted by atomic mass is 32.2. The second-order valence-electron chi connectivity index (χ2n) is 7.19. The van der Waals surface area contributed by atoms with Crippen LogP contribution in [0.15, 0.2) is 60.3 Å². The van der Waals surface area contributed by atoms with Crippen LogP contribution in [0.1, 0.15) is 26.3 Å². The van der Waals surface area contributed by atoms with Gasteiger partial charge >= 0.3 is 11.9 Å². The number of rotatable bonds is 9. The van der Waals surface area contributed by atoms with E-state index in [1.54, 1.807) is 6.08 Å². The van der Waals surface area contributed by atoms with E-state index in [0.29, 0.717) is 17.5 Å². The molecule has 0 aliphatic heterocycles. The minimum absolute atomic E-state index is 0.0270. The van der Waals surface area contributed by atoms with Crippen molar-refractivity contribution in [2.45, 2.75) is 18.6 Å². The molecule has 0 fully saturated rings. The number of hydrogen-bond acceptors (Lipinski definition) is 8. The van der Waals surface area contributed by atoms with Gasteiger partial charge in [0.1, 0.15) is 0 Å². The number of anilines is 1. The quantitative estimate of drug-likeness (QED) is 0.280. The zero-order valence-corrected chi connectivity index (χ0v) is 19.8. The molecule has 1 amide bonds. The lowest BCUT2D eigenvalue weighted by Crippen LogP contribution is -2.16. The van der Waals surface area contributed by atoms with Gasteiger partial charge in [0.25, 0.3) is 0 Å². The van der Waals surface area contributed by atoms with Gasteiger partial charge in [0.05, 0.1) is 31.1 Å². The van der Waals surface area contributed by atoms with Crippen LogP contribution in [0.25, 0.3) is 11.4 Å². The molecule has 0 saturated heterocycles. The van der Waals surface area contributed by atoms with E-state index in [4.69, 9.17) is 9.47 Å². The third-order valence-electron chi connectivity index (χ3n) is 4.73. The molecule has 3 aromatic rings. The molecule has 2 aromatic carbocycles. The number of nitrogens with zero attached hydrogens (tertiary/aromatic N) is 3. The minimum atomic E-state index is -0.642. The molecule has 0 bridgehead atoms. The standard InChI is InChI=1S/C24H24N4O5S/c1-5-10-28-21(16-8-6-15(2)7-9-16)26-27-24(28)34-14-20(29)25-19-12-17(22(30)32-3)11-18(13-19)23(31)33-4/h5-9,11-13H,1,10,14H2,2-4H3,(H,25,29). The van der Waals surface area contributed by atoms with Crippen LogP contribution in [0.2, 0.25) is 0 Å². The summed E-state index contributed by atoms with van der Waals surface area (Å²) >= 11 is 1.21. The SMILES string of the molecule is C=CCn1c(SCC(=O)Nc2cc(C(=O)OC)cc(C(=O)OC)c2)nnc1-c1ccc(C)cc1. The number of hydrogen-bond donors (Lipinski definition) is 1. The number of methoxy groups -OCH3 is 2. The Balaban J connectivity index is 1.76. The minimum Gasteiger partial charge on any atom is -0.465 e. The molecule has 0 atom stereocenters. The van der Waals surface area contributed by atoms with Crippen molar-refractivity contribution >= 4 is 35.3 Å². The second-order valence-corrected chi connectivity index (χ2v) is 8.13. The molecule has 1 aromatic heterocycles. The number of esters is 2. The van der Waals surface area contributed by atoms with Crippen molar-refractivity contribution in [1.82, 2.24) is 14.8 Å². The van der Waals surface area contributed by atoms with E-state index in [1.807, 2.05) is 35.8 Å². The lowest BCUT2D eigenvalue weighted by molar-refractivity contribution is -0.113. The van der Waals surface area contributed by atoms with Crippen LogP contribution in [0.5, 0.6) is 0 Å². The van der Waals surface area contributed by atoms with Gasteiger partial charge in [-0.15, -0.1) is 16.8 Å². The monoisotopic (exact) mass is 480 g/mol. The zero-order chi connectivity index (χ0) is 24.7. The Morgan fingerprint density at radius 2 is 1.65 bits per heavy atom. The number of aryl methyl sites for hydroxylation is 1. The molecular weight excluding hydrogens is 456 g/mol. The third-order valence-corrected chi connectivity index (χ3v) is 5.70. The summed E-state index contributed by atoms with van der Waals surface area (Å²) in [7, 11) is 2.46. The maximum atomic E-state index is 12.6. The van der Waals surface area contributed by atoms with Crippen molar-refractivity contribution in [3.8, 4) is 11.4 Å². The number of carbonyl (C=O) groups is 3. The molecule has 0 saturated carbocycles. The van der Waals surface area contributed by atoms with Gasteiger partial charge in [-0.3, -0.25) is 9.36 Å². The summed E-state index contributed by atoms with van der Waals surface area (Å²) in [6.45, 7) is 6.28. The number of aromatic nitrogens is 3. The van der Waals surface area contributed by atoms with E-state index >= 15 is 0 Å². The van der Waals surface area contributed by atoms with Crippen LogP contribution < -0.4 is 5.32 Å². The van der Waals surface area contributed by atoms with E-state index in [2.05, 4.69) is 22.1 Å². The van der Waals surface area contributed by atoms with Crippen LogP contribution in [0.4, 0.5) is 5.69 Å². The Hall–Kier alpha value is -3.92. The first-order chi connectivity index (χ1) is 16.4. The third kappa shape index (κ3) is 5.90. The molecule has 1 heterocycles. The number of amides is 1. The van der Waals surface area contributed by atoms with Crippen LogP contribution in [0, 0.1) is 6.92 Å². The molecule has 10 heteroatoms. The van der Waals surface area contributed by atoms with E-state index < -0.39 is 11.9 Å². The molecule has 0 spiro atoms. The van der Waals surface area contributed by atoms with Crippen molar-refractivity contribution in [1.29, 1.82) is 0 Å². The van der Waals surface area contributed by atoms with Gasteiger partial charge in [-0.05, 0) is 25.1 Å². The molecule has 3 rings (SSSR count). The number of allylic oxidation sites excluding steroid dienone is 1. The largest absolute Gasteiger partial charge is 0.465 e. The van der Waals surface area contributed by atoms with Gasteiger partial charge in [0.2, 0.25) is 5.91 Å². The highest BCUT2D eigenvalue weighted by Crippen LogP contribution is 2.25. The fourth-order valence-corrected chi connectivity index (χ4v) is 3.85. The number of benzene rings is 2. The van der Waals surface area contributed by atoms with Crippen molar-refractivity contribution in [3.63, 3.8) is 0 Å². The first-order valence-electron chi connectivity index (χ1n) is 10.2. The molecule has 34 heavy (non-hydrogen) atoms. The molecule has 1 N–H and O–H groups in total. The average Bonchev–Trinajstić information content (AvgIpc) is 3.24. The predicted molar refractivity (Wildman–Crippen MR) is 129 cm³/mol. The summed E-state index contributed by atoms with van der Waals surface area (Å²) in [6, 6.07) is 12.1. The topological polar surface area (TPSA) is 112 Å². The molecule has 0 unspecified atom stereocenters. The van der Waals surface area contributed by atoms with E-state index in [-0.39, 0.29) is 28.5 Å². The summed E-state index contributed by atoms with van der Waals surface area (Å²) in [5.74, 6) is -0.933. The fraction of sp³-hybridized carbons (Fsp3) is 0.208. The number of ether oxygens (including phenoxy) is 2. The van der Waals surface area contributed by atoms with Crippen molar-refractivity contribution in [3.05, 3.63) is 71.8 Å². The van der Waals surface area contributed by atoms with Gasteiger partial charge in [0.15, 0.2) is 11.0 Å². The number of nitrogens with one attached hydrogen (secondary N) is 1. The molecule has 0 aliphatic carbocycles. The molecular formula is C24H24N4O5S. The van der Waals surface area contributed by atoms with Crippen LogP contribution in [-0.2, 0) is 20.8 Å². The maximum absolute atomic E-state index is 12.6. The first kappa shape index (κ1) is 24.7. The number of thioether (sulfide) groups is 1. The number of carbonyl (C=O) groups excluding carboxylic acids is 3. The lowest BCUT2D eigenvalue weighted by atomic mass is 10.1. The zero-order valence-electron chi connectivity index (χ0n) is 19.0. The molecule has 0 aliphatic rings. The van der Waals surface area contributed by atoms with Gasteiger partial charge < -0.3 is 14.8 Å². The Labute approximate surface area is 201 Å². The van der Waals surface area contributed by atoms with Crippen molar-refractivity contribution in [2.24, 2.45) is 0 Å². The fourth-order valence-electron chi connectivity index (χ4n) is 3.10. The predicted octanol–water partition coefficient (Wildman–Crippen LogP) is 3.74. The van der Waals surface area contributed by atoms with E-state index in [9.17, 15) is 14.4 Å². The van der Waals surface area contributed by atoms with E-state index in [1.165, 1.54) is 44.2 Å². The Morgan fingerprint density at radius 1 is 1.03 bits per heavy atom. The van der Waals surface area contributed by atoms with Crippen LogP contribution in [-0.4, -0.2) is 52.6 Å². The summed E-state index contributed by atoms with van der Waals surface area (Å²) in [6.07, 6.45) is 1.73. The van der Waals surface area contributed by atoms with Crippen molar-refractivity contribution < 1.29 is 23.9 Å². The summed E-state index contributed by atoms with van der Waals surface area (Å²) in [5, 5.41) is 11.8. The summed E-state index contributed by atoms with van der Waals surface area (Å²) < 4.78 is 11.3. The average molecular weight is 481 g/mol. The summed E-state index contributed by atoms with van der Waals surface area (Å²) in [5.41, 5.74) is 2.54.